The van der Waals surface area contributed by atoms with Crippen molar-refractivity contribution in [2.75, 3.05) is 13.2 Å². The molecule has 0 spiro atoms. The summed E-state index contributed by atoms with van der Waals surface area (Å²) in [7, 11) is 0. The van der Waals surface area contributed by atoms with E-state index in [1.807, 2.05) is 6.92 Å². The van der Waals surface area contributed by atoms with Gasteiger partial charge in [-0.05, 0) is 6.42 Å². The minimum atomic E-state index is -0.385. The highest BCUT2D eigenvalue weighted by atomic mass is 35.5. The van der Waals surface area contributed by atoms with Crippen molar-refractivity contribution >= 4 is 23.2 Å². The molecule has 1 rings (SSSR count). The van der Waals surface area contributed by atoms with Crippen molar-refractivity contribution in [2.45, 2.75) is 19.9 Å². The summed E-state index contributed by atoms with van der Waals surface area (Å²) in [6.45, 7) is 3.52. The summed E-state index contributed by atoms with van der Waals surface area (Å²) in [5.41, 5.74) is -0.385. The SMILES string of the molecule is CCCOCCn1ncc(Cl)c(Cl)c1=O. The molecule has 1 aromatic heterocycles. The Hall–Kier alpha value is -0.580. The summed E-state index contributed by atoms with van der Waals surface area (Å²) in [6, 6.07) is 0. The van der Waals surface area contributed by atoms with Crippen LogP contribution < -0.4 is 5.56 Å². The smallest absolute Gasteiger partial charge is 0.287 e. The van der Waals surface area contributed by atoms with Crippen LogP contribution in [0.15, 0.2) is 11.0 Å². The van der Waals surface area contributed by atoms with Crippen LogP contribution in [0, 0.1) is 0 Å². The molecule has 0 bridgehead atoms. The first kappa shape index (κ1) is 12.5. The topological polar surface area (TPSA) is 44.1 Å². The number of aromatic nitrogens is 2. The molecule has 0 fully saturated rings. The molecule has 0 unspecified atom stereocenters. The Labute approximate surface area is 97.8 Å². The second-order valence-corrected chi connectivity index (χ2v) is 3.73. The molecular formula is C9H12Cl2N2O2. The quantitative estimate of drug-likeness (QED) is 0.751. The lowest BCUT2D eigenvalue weighted by molar-refractivity contribution is 0.123. The molecule has 0 saturated carbocycles. The highest BCUT2D eigenvalue weighted by molar-refractivity contribution is 6.41. The van der Waals surface area contributed by atoms with E-state index >= 15 is 0 Å². The Morgan fingerprint density at radius 1 is 1.47 bits per heavy atom. The maximum absolute atomic E-state index is 11.5. The molecule has 0 radical (unpaired) electrons. The van der Waals surface area contributed by atoms with Gasteiger partial charge in [0.15, 0.2) is 0 Å². The van der Waals surface area contributed by atoms with Gasteiger partial charge in [0.1, 0.15) is 5.02 Å². The second kappa shape index (κ2) is 6.10. The lowest BCUT2D eigenvalue weighted by atomic mass is 10.5. The van der Waals surface area contributed by atoms with E-state index in [9.17, 15) is 4.79 Å². The van der Waals surface area contributed by atoms with Crippen LogP contribution in [0.5, 0.6) is 0 Å². The van der Waals surface area contributed by atoms with Crippen LogP contribution in [-0.4, -0.2) is 23.0 Å². The summed E-state index contributed by atoms with van der Waals surface area (Å²) in [6.07, 6.45) is 2.30. The lowest BCUT2D eigenvalue weighted by Crippen LogP contribution is -2.25. The van der Waals surface area contributed by atoms with Crippen molar-refractivity contribution in [3.8, 4) is 0 Å². The molecule has 4 nitrogen and oxygen atoms in total. The predicted octanol–water partition coefficient (Wildman–Crippen LogP) is 1.98. The van der Waals surface area contributed by atoms with Crippen LogP contribution in [0.1, 0.15) is 13.3 Å². The Morgan fingerprint density at radius 2 is 2.20 bits per heavy atom. The fraction of sp³-hybridized carbons (Fsp3) is 0.556. The molecule has 1 aromatic rings. The fourth-order valence-electron chi connectivity index (χ4n) is 1.00. The minimum Gasteiger partial charge on any atom is -0.380 e. The first-order chi connectivity index (χ1) is 7.16. The molecule has 1 heterocycles. The molecule has 0 aromatic carbocycles. The van der Waals surface area contributed by atoms with E-state index in [0.717, 1.165) is 6.42 Å². The van der Waals surface area contributed by atoms with Gasteiger partial charge < -0.3 is 4.74 Å². The van der Waals surface area contributed by atoms with Gasteiger partial charge in [0, 0.05) is 6.61 Å². The van der Waals surface area contributed by atoms with Crippen molar-refractivity contribution < 1.29 is 4.74 Å². The van der Waals surface area contributed by atoms with E-state index in [1.54, 1.807) is 0 Å². The van der Waals surface area contributed by atoms with Crippen LogP contribution in [0.3, 0.4) is 0 Å². The van der Waals surface area contributed by atoms with Crippen molar-refractivity contribution in [2.24, 2.45) is 0 Å². The molecule has 0 aliphatic heterocycles. The van der Waals surface area contributed by atoms with E-state index in [1.165, 1.54) is 10.9 Å². The van der Waals surface area contributed by atoms with Crippen molar-refractivity contribution in [1.82, 2.24) is 9.78 Å². The van der Waals surface area contributed by atoms with E-state index in [0.29, 0.717) is 19.8 Å². The molecule has 6 heteroatoms. The third-order valence-electron chi connectivity index (χ3n) is 1.74. The average molecular weight is 251 g/mol. The second-order valence-electron chi connectivity index (χ2n) is 2.95. The van der Waals surface area contributed by atoms with Gasteiger partial charge in [0.2, 0.25) is 0 Å². The summed E-state index contributed by atoms with van der Waals surface area (Å²) in [5.74, 6) is 0. The Balaban J connectivity index is 2.63. The molecule has 84 valence electrons. The molecule has 0 amide bonds. The third-order valence-corrected chi connectivity index (χ3v) is 2.49. The molecule has 0 aliphatic carbocycles. The zero-order chi connectivity index (χ0) is 11.3. The average Bonchev–Trinajstić information content (AvgIpc) is 2.24. The summed E-state index contributed by atoms with van der Waals surface area (Å²) in [4.78, 5) is 11.5. The first-order valence-electron chi connectivity index (χ1n) is 4.65. The Kier molecular flexibility index (Phi) is 5.08. The number of nitrogens with zero attached hydrogens (tertiary/aromatic N) is 2. The van der Waals surface area contributed by atoms with Gasteiger partial charge in [0.25, 0.3) is 5.56 Å². The monoisotopic (exact) mass is 250 g/mol. The highest BCUT2D eigenvalue weighted by Gasteiger charge is 2.06. The molecule has 0 saturated heterocycles. The molecule has 0 N–H and O–H groups in total. The van der Waals surface area contributed by atoms with E-state index < -0.39 is 0 Å². The molecule has 15 heavy (non-hydrogen) atoms. The largest absolute Gasteiger partial charge is 0.380 e. The number of halogens is 2. The maximum Gasteiger partial charge on any atom is 0.287 e. The van der Waals surface area contributed by atoms with Gasteiger partial charge in [-0.2, -0.15) is 5.10 Å². The van der Waals surface area contributed by atoms with Gasteiger partial charge in [-0.3, -0.25) is 4.79 Å². The molecule has 0 atom stereocenters. The van der Waals surface area contributed by atoms with Crippen molar-refractivity contribution in [3.63, 3.8) is 0 Å². The van der Waals surface area contributed by atoms with Crippen LogP contribution >= 0.6 is 23.2 Å². The van der Waals surface area contributed by atoms with Gasteiger partial charge in [-0.1, -0.05) is 30.1 Å². The van der Waals surface area contributed by atoms with E-state index in [4.69, 9.17) is 27.9 Å². The van der Waals surface area contributed by atoms with Gasteiger partial charge in [-0.15, -0.1) is 0 Å². The summed E-state index contributed by atoms with van der Waals surface area (Å²) in [5, 5.41) is 4.02. The standard InChI is InChI=1S/C9H12Cl2N2O2/c1-2-4-15-5-3-13-9(14)8(11)7(10)6-12-13/h6H,2-5H2,1H3. The summed E-state index contributed by atoms with van der Waals surface area (Å²) < 4.78 is 6.48. The zero-order valence-electron chi connectivity index (χ0n) is 8.37. The predicted molar refractivity (Wildman–Crippen MR) is 59.6 cm³/mol. The number of rotatable bonds is 5. The Morgan fingerprint density at radius 3 is 2.87 bits per heavy atom. The zero-order valence-corrected chi connectivity index (χ0v) is 9.88. The molecule has 0 aliphatic rings. The Bertz CT molecular complexity index is 379. The van der Waals surface area contributed by atoms with Crippen molar-refractivity contribution in [3.05, 3.63) is 26.6 Å². The van der Waals surface area contributed by atoms with E-state index in [-0.39, 0.29) is 15.6 Å². The summed E-state index contributed by atoms with van der Waals surface area (Å²) >= 11 is 11.3. The minimum absolute atomic E-state index is 0.00200. The number of ether oxygens (including phenoxy) is 1. The number of hydrogen-bond donors (Lipinski definition) is 0. The van der Waals surface area contributed by atoms with Gasteiger partial charge >= 0.3 is 0 Å². The first-order valence-corrected chi connectivity index (χ1v) is 5.41. The normalized spacial score (nSPS) is 10.6. The van der Waals surface area contributed by atoms with Crippen LogP contribution in [-0.2, 0) is 11.3 Å². The van der Waals surface area contributed by atoms with E-state index in [2.05, 4.69) is 5.10 Å². The van der Waals surface area contributed by atoms with Crippen molar-refractivity contribution in [1.29, 1.82) is 0 Å². The fourth-order valence-corrected chi connectivity index (χ4v) is 1.27. The van der Waals surface area contributed by atoms with Gasteiger partial charge in [-0.25, -0.2) is 4.68 Å². The van der Waals surface area contributed by atoms with Crippen LogP contribution in [0.25, 0.3) is 0 Å². The maximum atomic E-state index is 11.5. The third kappa shape index (κ3) is 3.48. The van der Waals surface area contributed by atoms with Gasteiger partial charge in [0.05, 0.1) is 24.4 Å². The van der Waals surface area contributed by atoms with Crippen LogP contribution in [0.2, 0.25) is 10.0 Å². The molecular weight excluding hydrogens is 239 g/mol. The highest BCUT2D eigenvalue weighted by Crippen LogP contribution is 2.14. The van der Waals surface area contributed by atoms with Crippen LogP contribution in [0.4, 0.5) is 0 Å². The lowest BCUT2D eigenvalue weighted by Gasteiger charge is -2.05. The number of hydrogen-bond acceptors (Lipinski definition) is 3.